The zero-order chi connectivity index (χ0) is 18.9. The Morgan fingerprint density at radius 2 is 1.96 bits per heavy atom. The quantitative estimate of drug-likeness (QED) is 0.645. The summed E-state index contributed by atoms with van der Waals surface area (Å²) < 4.78 is 40.4. The molecule has 0 aliphatic heterocycles. The van der Waals surface area contributed by atoms with E-state index >= 15 is 0 Å². The van der Waals surface area contributed by atoms with Gasteiger partial charge in [0.15, 0.2) is 5.65 Å². The topological polar surface area (TPSA) is 92.5 Å². The summed E-state index contributed by atoms with van der Waals surface area (Å²) in [6.07, 6.45) is -3.02. The minimum absolute atomic E-state index is 0.183. The molecule has 0 saturated carbocycles. The lowest BCUT2D eigenvalue weighted by Gasteiger charge is -2.23. The molecule has 6 nitrogen and oxygen atoms in total. The molecule has 3 aromatic rings. The van der Waals surface area contributed by atoms with E-state index in [1.165, 1.54) is 12.3 Å². The van der Waals surface area contributed by atoms with Gasteiger partial charge < -0.3 is 11.1 Å². The summed E-state index contributed by atoms with van der Waals surface area (Å²) in [5, 5.41) is 10.1. The standard InChI is InChI=1S/C17H19F3N6/c1-16(2,8-21)9-23-12-6-5-11(17(18,19)20)14(24-12)13-10-4-3-7-22-15(10)26-25-13/h3-7H,8-9,21H2,1-2H3,(H,23,24)(H,22,25,26). The van der Waals surface area contributed by atoms with Crippen molar-refractivity contribution in [2.24, 2.45) is 11.1 Å². The third kappa shape index (κ3) is 3.62. The molecule has 26 heavy (non-hydrogen) atoms. The predicted molar refractivity (Wildman–Crippen MR) is 93.4 cm³/mol. The number of H-pyrrole nitrogens is 1. The number of aromatic nitrogens is 4. The van der Waals surface area contributed by atoms with Crippen molar-refractivity contribution in [1.82, 2.24) is 20.2 Å². The molecule has 0 fully saturated rings. The van der Waals surface area contributed by atoms with Crippen LogP contribution in [0.25, 0.3) is 22.4 Å². The van der Waals surface area contributed by atoms with Gasteiger partial charge in [-0.05, 0) is 36.2 Å². The number of nitrogens with two attached hydrogens (primary N) is 1. The molecule has 3 rings (SSSR count). The Kier molecular flexibility index (Phi) is 4.57. The maximum absolute atomic E-state index is 13.5. The Balaban J connectivity index is 2.07. The highest BCUT2D eigenvalue weighted by Crippen LogP contribution is 2.38. The maximum Gasteiger partial charge on any atom is 0.418 e. The van der Waals surface area contributed by atoms with Crippen molar-refractivity contribution in [3.63, 3.8) is 0 Å². The molecule has 0 bridgehead atoms. The van der Waals surface area contributed by atoms with Crippen LogP contribution in [0.15, 0.2) is 30.5 Å². The summed E-state index contributed by atoms with van der Waals surface area (Å²) >= 11 is 0. The van der Waals surface area contributed by atoms with E-state index in [-0.39, 0.29) is 16.8 Å². The number of aromatic amines is 1. The largest absolute Gasteiger partial charge is 0.418 e. The number of alkyl halides is 3. The van der Waals surface area contributed by atoms with E-state index in [4.69, 9.17) is 5.73 Å². The van der Waals surface area contributed by atoms with Crippen LogP contribution in [0, 0.1) is 5.41 Å². The fourth-order valence-corrected chi connectivity index (χ4v) is 2.41. The number of fused-ring (bicyclic) bond motifs is 1. The van der Waals surface area contributed by atoms with Crippen molar-refractivity contribution >= 4 is 16.9 Å². The molecule has 0 spiro atoms. The van der Waals surface area contributed by atoms with Crippen LogP contribution in [0.3, 0.4) is 0 Å². The fraction of sp³-hybridized carbons (Fsp3) is 0.353. The van der Waals surface area contributed by atoms with Crippen molar-refractivity contribution in [2.75, 3.05) is 18.4 Å². The van der Waals surface area contributed by atoms with E-state index in [0.29, 0.717) is 29.9 Å². The van der Waals surface area contributed by atoms with Gasteiger partial charge in [-0.1, -0.05) is 13.8 Å². The van der Waals surface area contributed by atoms with Crippen molar-refractivity contribution < 1.29 is 13.2 Å². The number of anilines is 1. The zero-order valence-electron chi connectivity index (χ0n) is 14.4. The number of nitrogens with zero attached hydrogens (tertiary/aromatic N) is 3. The summed E-state index contributed by atoms with van der Waals surface area (Å²) in [4.78, 5) is 8.24. The molecular formula is C17H19F3N6. The molecule has 0 aliphatic rings. The third-order valence-corrected chi connectivity index (χ3v) is 4.07. The number of rotatable bonds is 5. The number of halogens is 3. The van der Waals surface area contributed by atoms with Crippen LogP contribution in [-0.2, 0) is 6.18 Å². The highest BCUT2D eigenvalue weighted by Gasteiger charge is 2.35. The number of pyridine rings is 2. The van der Waals surface area contributed by atoms with Gasteiger partial charge in [0.1, 0.15) is 11.5 Å². The van der Waals surface area contributed by atoms with Gasteiger partial charge >= 0.3 is 6.18 Å². The first-order valence-corrected chi connectivity index (χ1v) is 8.03. The van der Waals surface area contributed by atoms with Gasteiger partial charge in [0.05, 0.1) is 11.3 Å². The Morgan fingerprint density at radius 1 is 1.19 bits per heavy atom. The first-order valence-electron chi connectivity index (χ1n) is 8.03. The molecule has 0 amide bonds. The molecule has 0 aromatic carbocycles. The van der Waals surface area contributed by atoms with Gasteiger partial charge in [-0.2, -0.15) is 18.3 Å². The predicted octanol–water partition coefficient (Wildman–Crippen LogP) is 3.44. The average molecular weight is 364 g/mol. The lowest BCUT2D eigenvalue weighted by Crippen LogP contribution is -2.31. The van der Waals surface area contributed by atoms with Gasteiger partial charge in [0.25, 0.3) is 0 Å². The number of hydrogen-bond acceptors (Lipinski definition) is 5. The third-order valence-electron chi connectivity index (χ3n) is 4.07. The molecule has 9 heteroatoms. The van der Waals surface area contributed by atoms with Crippen LogP contribution < -0.4 is 11.1 Å². The smallest absolute Gasteiger partial charge is 0.369 e. The normalized spacial score (nSPS) is 12.5. The molecule has 0 atom stereocenters. The minimum atomic E-state index is -4.54. The van der Waals surface area contributed by atoms with Crippen LogP contribution in [-0.4, -0.2) is 33.3 Å². The molecule has 3 aromatic heterocycles. The fourth-order valence-electron chi connectivity index (χ4n) is 2.41. The Labute approximate surface area is 148 Å². The first kappa shape index (κ1) is 18.1. The zero-order valence-corrected chi connectivity index (χ0v) is 14.4. The molecule has 3 heterocycles. The molecule has 0 saturated heterocycles. The first-order chi connectivity index (χ1) is 12.2. The molecule has 4 N–H and O–H groups in total. The maximum atomic E-state index is 13.5. The van der Waals surface area contributed by atoms with Crippen molar-refractivity contribution in [2.45, 2.75) is 20.0 Å². The van der Waals surface area contributed by atoms with Crippen LogP contribution >= 0.6 is 0 Å². The highest BCUT2D eigenvalue weighted by atomic mass is 19.4. The van der Waals surface area contributed by atoms with E-state index in [1.54, 1.807) is 12.1 Å². The van der Waals surface area contributed by atoms with Crippen LogP contribution in [0.1, 0.15) is 19.4 Å². The SMILES string of the molecule is CC(C)(CN)CNc1ccc(C(F)(F)F)c(-c2[nH]nc3ncccc23)n1. The Hall–Kier alpha value is -2.68. The summed E-state index contributed by atoms with van der Waals surface area (Å²) in [7, 11) is 0. The summed E-state index contributed by atoms with van der Waals surface area (Å²) in [5.74, 6) is 0.334. The van der Waals surface area contributed by atoms with Crippen molar-refractivity contribution in [1.29, 1.82) is 0 Å². The second kappa shape index (κ2) is 6.56. The van der Waals surface area contributed by atoms with E-state index in [1.807, 2.05) is 13.8 Å². The van der Waals surface area contributed by atoms with Gasteiger partial charge in [-0.15, -0.1) is 0 Å². The summed E-state index contributed by atoms with van der Waals surface area (Å²) in [6, 6.07) is 5.63. The number of hydrogen-bond donors (Lipinski definition) is 3. The van der Waals surface area contributed by atoms with Crippen molar-refractivity contribution in [3.05, 3.63) is 36.0 Å². The van der Waals surface area contributed by atoms with Crippen LogP contribution in [0.4, 0.5) is 19.0 Å². The van der Waals surface area contributed by atoms with Crippen LogP contribution in [0.5, 0.6) is 0 Å². The minimum Gasteiger partial charge on any atom is -0.369 e. The second-order valence-electron chi connectivity index (χ2n) is 6.79. The highest BCUT2D eigenvalue weighted by molar-refractivity contribution is 5.90. The van der Waals surface area contributed by atoms with Gasteiger partial charge in [0, 0.05) is 18.1 Å². The van der Waals surface area contributed by atoms with Crippen LogP contribution in [0.2, 0.25) is 0 Å². The average Bonchev–Trinajstić information content (AvgIpc) is 3.03. The van der Waals surface area contributed by atoms with Gasteiger partial charge in [-0.25, -0.2) is 9.97 Å². The lowest BCUT2D eigenvalue weighted by molar-refractivity contribution is -0.137. The van der Waals surface area contributed by atoms with E-state index in [2.05, 4.69) is 25.5 Å². The summed E-state index contributed by atoms with van der Waals surface area (Å²) in [5.41, 5.74) is 4.94. The summed E-state index contributed by atoms with van der Waals surface area (Å²) in [6.45, 7) is 4.83. The van der Waals surface area contributed by atoms with Gasteiger partial charge in [0.2, 0.25) is 0 Å². The monoisotopic (exact) mass is 364 g/mol. The van der Waals surface area contributed by atoms with E-state index in [0.717, 1.165) is 6.07 Å². The molecule has 0 unspecified atom stereocenters. The van der Waals surface area contributed by atoms with E-state index in [9.17, 15) is 13.2 Å². The Morgan fingerprint density at radius 3 is 2.65 bits per heavy atom. The lowest BCUT2D eigenvalue weighted by atomic mass is 9.94. The number of nitrogens with one attached hydrogen (secondary N) is 2. The molecular weight excluding hydrogens is 345 g/mol. The molecule has 0 aliphatic carbocycles. The van der Waals surface area contributed by atoms with E-state index < -0.39 is 11.7 Å². The molecule has 138 valence electrons. The Bertz CT molecular complexity index is 916. The second-order valence-corrected chi connectivity index (χ2v) is 6.79. The molecule has 0 radical (unpaired) electrons. The van der Waals surface area contributed by atoms with Crippen molar-refractivity contribution in [3.8, 4) is 11.4 Å². The van der Waals surface area contributed by atoms with Gasteiger partial charge in [-0.3, -0.25) is 5.10 Å².